The van der Waals surface area contributed by atoms with Gasteiger partial charge in [0.25, 0.3) is 0 Å². The van der Waals surface area contributed by atoms with E-state index in [0.717, 1.165) is 44.5 Å². The number of likely N-dealkylation sites (tertiary alicyclic amines) is 1. The summed E-state index contributed by atoms with van der Waals surface area (Å²) in [5.41, 5.74) is 2.20. The van der Waals surface area contributed by atoms with Gasteiger partial charge in [0.1, 0.15) is 5.82 Å². The Morgan fingerprint density at radius 3 is 2.93 bits per heavy atom. The molecule has 30 heavy (non-hydrogen) atoms. The van der Waals surface area contributed by atoms with Crippen molar-refractivity contribution in [2.24, 2.45) is 5.92 Å². The summed E-state index contributed by atoms with van der Waals surface area (Å²) in [4.78, 5) is 35.9. The first-order valence-electron chi connectivity index (χ1n) is 10.9. The number of thiophene rings is 1. The van der Waals surface area contributed by atoms with E-state index in [1.165, 1.54) is 10.4 Å². The van der Waals surface area contributed by atoms with E-state index in [1.54, 1.807) is 11.3 Å². The maximum Gasteiger partial charge on any atom is 0.237 e. The average Bonchev–Trinajstić information content (AvgIpc) is 3.22. The number of anilines is 1. The summed E-state index contributed by atoms with van der Waals surface area (Å²) >= 11 is 1.80. The van der Waals surface area contributed by atoms with Crippen LogP contribution in [0.2, 0.25) is 0 Å². The van der Waals surface area contributed by atoms with Crippen LogP contribution in [0.25, 0.3) is 0 Å². The summed E-state index contributed by atoms with van der Waals surface area (Å²) in [7, 11) is 0. The van der Waals surface area contributed by atoms with E-state index >= 15 is 0 Å². The van der Waals surface area contributed by atoms with Crippen molar-refractivity contribution in [2.75, 3.05) is 31.5 Å². The molecule has 0 bridgehead atoms. The third-order valence-electron chi connectivity index (χ3n) is 6.18. The quantitative estimate of drug-likeness (QED) is 0.793. The molecule has 1 saturated heterocycles. The number of hydrogen-bond acceptors (Lipinski definition) is 5. The normalized spacial score (nSPS) is 21.9. The first-order chi connectivity index (χ1) is 14.5. The van der Waals surface area contributed by atoms with Gasteiger partial charge in [-0.25, -0.2) is 4.98 Å². The molecule has 0 radical (unpaired) electrons. The van der Waals surface area contributed by atoms with Crippen LogP contribution in [0.1, 0.15) is 48.4 Å². The van der Waals surface area contributed by atoms with Gasteiger partial charge >= 0.3 is 0 Å². The molecule has 2 aliphatic rings. The van der Waals surface area contributed by atoms with Crippen LogP contribution < -0.4 is 5.32 Å². The van der Waals surface area contributed by atoms with E-state index in [2.05, 4.69) is 38.5 Å². The summed E-state index contributed by atoms with van der Waals surface area (Å²) in [5, 5.41) is 5.08. The molecular formula is C23H30N4O2S. The number of rotatable bonds is 5. The van der Waals surface area contributed by atoms with E-state index in [9.17, 15) is 9.59 Å². The predicted octanol–water partition coefficient (Wildman–Crippen LogP) is 3.64. The fourth-order valence-corrected chi connectivity index (χ4v) is 5.60. The zero-order valence-corrected chi connectivity index (χ0v) is 18.6. The molecule has 0 aliphatic carbocycles. The van der Waals surface area contributed by atoms with E-state index < -0.39 is 0 Å². The lowest BCUT2D eigenvalue weighted by Crippen LogP contribution is -2.48. The summed E-state index contributed by atoms with van der Waals surface area (Å²) in [6, 6.07) is 7.98. The SMILES string of the molecule is CCC1c2ccsc2CCN1C(=O)CN1CCCC(C(=O)Nc2cccc(C)n2)C1. The highest BCUT2D eigenvalue weighted by atomic mass is 32.1. The number of nitrogens with zero attached hydrogens (tertiary/aromatic N) is 3. The molecule has 2 unspecified atom stereocenters. The molecule has 6 nitrogen and oxygen atoms in total. The van der Waals surface area contributed by atoms with E-state index in [-0.39, 0.29) is 23.8 Å². The van der Waals surface area contributed by atoms with Gasteiger partial charge in [-0.15, -0.1) is 11.3 Å². The maximum atomic E-state index is 13.1. The van der Waals surface area contributed by atoms with Crippen LogP contribution in [0, 0.1) is 12.8 Å². The first-order valence-corrected chi connectivity index (χ1v) is 11.8. The summed E-state index contributed by atoms with van der Waals surface area (Å²) in [6.45, 7) is 6.74. The standard InChI is InChI=1S/C23H30N4O2S/c1-3-19-18-10-13-30-20(18)9-12-27(19)22(28)15-26-11-5-7-17(14-26)23(29)25-21-8-4-6-16(2)24-21/h4,6,8,10,13,17,19H,3,5,7,9,11-12,14-15H2,1-2H3,(H,24,25,29). The lowest BCUT2D eigenvalue weighted by atomic mass is 9.96. The third-order valence-corrected chi connectivity index (χ3v) is 7.17. The smallest absolute Gasteiger partial charge is 0.237 e. The molecule has 4 rings (SSSR count). The Morgan fingerprint density at radius 2 is 2.13 bits per heavy atom. The van der Waals surface area contributed by atoms with Gasteiger partial charge in [-0.3, -0.25) is 14.5 Å². The lowest BCUT2D eigenvalue weighted by molar-refractivity contribution is -0.136. The molecule has 7 heteroatoms. The first kappa shape index (κ1) is 21.0. The molecule has 0 aromatic carbocycles. The van der Waals surface area contributed by atoms with E-state index in [1.807, 2.05) is 25.1 Å². The molecule has 160 valence electrons. The molecule has 2 atom stereocenters. The average molecular weight is 427 g/mol. The number of aryl methyl sites for hydroxylation is 1. The maximum absolute atomic E-state index is 13.1. The van der Waals surface area contributed by atoms with Crippen molar-refractivity contribution >= 4 is 29.0 Å². The summed E-state index contributed by atoms with van der Waals surface area (Å²) in [6.07, 6.45) is 3.66. The molecule has 1 N–H and O–H groups in total. The van der Waals surface area contributed by atoms with E-state index in [4.69, 9.17) is 0 Å². The van der Waals surface area contributed by atoms with Crippen molar-refractivity contribution < 1.29 is 9.59 Å². The van der Waals surface area contributed by atoms with Gasteiger partial charge in [0, 0.05) is 23.7 Å². The van der Waals surface area contributed by atoms with Gasteiger partial charge in [-0.2, -0.15) is 0 Å². The van der Waals surface area contributed by atoms with Gasteiger partial charge in [0.15, 0.2) is 0 Å². The molecule has 2 aromatic rings. The highest BCUT2D eigenvalue weighted by Crippen LogP contribution is 2.35. The molecule has 0 saturated carbocycles. The van der Waals surface area contributed by atoms with Gasteiger partial charge < -0.3 is 10.2 Å². The fraction of sp³-hybridized carbons (Fsp3) is 0.522. The zero-order valence-electron chi connectivity index (χ0n) is 17.8. The van der Waals surface area contributed by atoms with Crippen molar-refractivity contribution in [3.05, 3.63) is 45.8 Å². The molecule has 1 fully saturated rings. The number of carbonyl (C=O) groups is 2. The molecule has 2 amide bonds. The Labute approximate surface area is 182 Å². The summed E-state index contributed by atoms with van der Waals surface area (Å²) < 4.78 is 0. The van der Waals surface area contributed by atoms with Crippen molar-refractivity contribution in [1.29, 1.82) is 0 Å². The Morgan fingerprint density at radius 1 is 1.27 bits per heavy atom. The molecule has 0 spiro atoms. The monoisotopic (exact) mass is 426 g/mol. The van der Waals surface area contributed by atoms with Crippen LogP contribution in [0.4, 0.5) is 5.82 Å². The largest absolute Gasteiger partial charge is 0.334 e. The van der Waals surface area contributed by atoms with Gasteiger partial charge in [-0.1, -0.05) is 13.0 Å². The van der Waals surface area contributed by atoms with Gasteiger partial charge in [-0.05, 0) is 68.3 Å². The Hall–Kier alpha value is -2.25. The zero-order chi connectivity index (χ0) is 21.1. The Balaban J connectivity index is 1.35. The van der Waals surface area contributed by atoms with Crippen LogP contribution in [-0.2, 0) is 16.0 Å². The number of pyridine rings is 1. The number of carbonyl (C=O) groups excluding carboxylic acids is 2. The van der Waals surface area contributed by atoms with Gasteiger partial charge in [0.05, 0.1) is 18.5 Å². The molecular weight excluding hydrogens is 396 g/mol. The van der Waals surface area contributed by atoms with Crippen LogP contribution in [-0.4, -0.2) is 52.8 Å². The van der Waals surface area contributed by atoms with Crippen molar-refractivity contribution in [3.8, 4) is 0 Å². The minimum Gasteiger partial charge on any atom is -0.334 e. The fourth-order valence-electron chi connectivity index (χ4n) is 4.67. The highest BCUT2D eigenvalue weighted by molar-refractivity contribution is 7.10. The topological polar surface area (TPSA) is 65.5 Å². The van der Waals surface area contributed by atoms with Gasteiger partial charge in [0.2, 0.25) is 11.8 Å². The van der Waals surface area contributed by atoms with Crippen LogP contribution in [0.3, 0.4) is 0 Å². The number of aromatic nitrogens is 1. The van der Waals surface area contributed by atoms with Crippen molar-refractivity contribution in [1.82, 2.24) is 14.8 Å². The minimum absolute atomic E-state index is 0.00225. The second-order valence-electron chi connectivity index (χ2n) is 8.29. The van der Waals surface area contributed by atoms with Crippen molar-refractivity contribution in [2.45, 2.75) is 45.6 Å². The lowest BCUT2D eigenvalue weighted by Gasteiger charge is -2.38. The Bertz CT molecular complexity index is 912. The Kier molecular flexibility index (Phi) is 6.49. The second kappa shape index (κ2) is 9.27. The molecule has 2 aromatic heterocycles. The number of nitrogens with one attached hydrogen (secondary N) is 1. The number of amides is 2. The van der Waals surface area contributed by atoms with E-state index in [0.29, 0.717) is 18.9 Å². The molecule has 2 aliphatic heterocycles. The minimum atomic E-state index is -0.110. The second-order valence-corrected chi connectivity index (χ2v) is 9.29. The predicted molar refractivity (Wildman–Crippen MR) is 120 cm³/mol. The van der Waals surface area contributed by atoms with Crippen LogP contribution in [0.5, 0.6) is 0 Å². The van der Waals surface area contributed by atoms with Crippen LogP contribution in [0.15, 0.2) is 29.6 Å². The summed E-state index contributed by atoms with van der Waals surface area (Å²) in [5.74, 6) is 0.664. The highest BCUT2D eigenvalue weighted by Gasteiger charge is 2.33. The number of hydrogen-bond donors (Lipinski definition) is 1. The van der Waals surface area contributed by atoms with Crippen LogP contribution >= 0.6 is 11.3 Å². The number of fused-ring (bicyclic) bond motifs is 1. The molecule has 4 heterocycles. The number of piperidine rings is 1. The third kappa shape index (κ3) is 4.57. The van der Waals surface area contributed by atoms with Crippen molar-refractivity contribution in [3.63, 3.8) is 0 Å².